The fourth-order valence-corrected chi connectivity index (χ4v) is 2.46. The van der Waals surface area contributed by atoms with Gasteiger partial charge >= 0.3 is 0 Å². The van der Waals surface area contributed by atoms with Gasteiger partial charge in [-0.15, -0.1) is 0 Å². The van der Waals surface area contributed by atoms with Gasteiger partial charge in [0.1, 0.15) is 5.82 Å². The van der Waals surface area contributed by atoms with E-state index in [-0.39, 0.29) is 17.9 Å². The highest BCUT2D eigenvalue weighted by atomic mass is 127. The summed E-state index contributed by atoms with van der Waals surface area (Å²) in [5, 5.41) is 0. The van der Waals surface area contributed by atoms with E-state index in [4.69, 9.17) is 0 Å². The Labute approximate surface area is 137 Å². The first kappa shape index (κ1) is 15.9. The molecule has 0 bridgehead atoms. The van der Waals surface area contributed by atoms with E-state index >= 15 is 0 Å². The minimum atomic E-state index is -0.171. The topological polar surface area (TPSA) is 52.0 Å². The second kappa shape index (κ2) is 6.51. The first-order valence-corrected chi connectivity index (χ1v) is 7.83. The van der Waals surface area contributed by atoms with Crippen molar-refractivity contribution in [2.75, 3.05) is 0 Å². The standard InChI is InChI=1S/C16H17IN2O2/c1-10(2)12-4-6-13(7-5-12)15(20)9-19-11(3)18-8-14(17)16(19)21/h4-8,10H,9H2,1-3H3. The third-order valence-corrected chi connectivity index (χ3v) is 4.15. The Bertz CT molecular complexity index is 718. The molecule has 1 heterocycles. The molecule has 0 unspecified atom stereocenters. The van der Waals surface area contributed by atoms with E-state index in [0.717, 1.165) is 0 Å². The maximum Gasteiger partial charge on any atom is 0.267 e. The molecule has 0 aliphatic rings. The summed E-state index contributed by atoms with van der Waals surface area (Å²) < 4.78 is 1.93. The van der Waals surface area contributed by atoms with Crippen LogP contribution < -0.4 is 5.56 Å². The molecule has 0 radical (unpaired) electrons. The average Bonchev–Trinajstić information content (AvgIpc) is 2.47. The Balaban J connectivity index is 2.26. The van der Waals surface area contributed by atoms with Gasteiger partial charge < -0.3 is 0 Å². The van der Waals surface area contributed by atoms with E-state index in [2.05, 4.69) is 18.8 Å². The van der Waals surface area contributed by atoms with Crippen molar-refractivity contribution in [3.05, 3.63) is 61.3 Å². The van der Waals surface area contributed by atoms with E-state index < -0.39 is 0 Å². The number of aryl methyl sites for hydroxylation is 1. The number of halogens is 1. The van der Waals surface area contributed by atoms with Gasteiger partial charge in [0, 0.05) is 11.8 Å². The number of rotatable bonds is 4. The zero-order valence-electron chi connectivity index (χ0n) is 12.3. The van der Waals surface area contributed by atoms with E-state index in [1.807, 2.05) is 46.9 Å². The molecule has 1 aromatic heterocycles. The second-order valence-corrected chi connectivity index (χ2v) is 6.41. The maximum atomic E-state index is 12.3. The van der Waals surface area contributed by atoms with Gasteiger partial charge in [0.05, 0.1) is 10.1 Å². The Hall–Kier alpha value is -1.50. The van der Waals surface area contributed by atoms with Crippen molar-refractivity contribution < 1.29 is 4.79 Å². The highest BCUT2D eigenvalue weighted by Gasteiger charge is 2.12. The van der Waals surface area contributed by atoms with Crippen molar-refractivity contribution in [1.29, 1.82) is 0 Å². The van der Waals surface area contributed by atoms with Gasteiger partial charge in [-0.25, -0.2) is 4.98 Å². The van der Waals surface area contributed by atoms with Crippen molar-refractivity contribution in [3.63, 3.8) is 0 Å². The molecule has 0 fully saturated rings. The van der Waals surface area contributed by atoms with Crippen molar-refractivity contribution in [3.8, 4) is 0 Å². The molecule has 0 atom stereocenters. The van der Waals surface area contributed by atoms with Gasteiger partial charge in [0.15, 0.2) is 5.78 Å². The van der Waals surface area contributed by atoms with Crippen LogP contribution in [0.4, 0.5) is 0 Å². The molecule has 1 aromatic carbocycles. The number of benzene rings is 1. The number of Topliss-reactive ketones (excluding diaryl/α,β-unsaturated/α-hetero) is 1. The highest BCUT2D eigenvalue weighted by molar-refractivity contribution is 14.1. The molecular formula is C16H17IN2O2. The number of ketones is 1. The van der Waals surface area contributed by atoms with Crippen LogP contribution in [0.25, 0.3) is 0 Å². The van der Waals surface area contributed by atoms with Crippen LogP contribution in [0.2, 0.25) is 0 Å². The minimum absolute atomic E-state index is 0.0233. The number of carbonyl (C=O) groups is 1. The lowest BCUT2D eigenvalue weighted by Crippen LogP contribution is -2.28. The maximum absolute atomic E-state index is 12.3. The Morgan fingerprint density at radius 2 is 1.90 bits per heavy atom. The lowest BCUT2D eigenvalue weighted by Gasteiger charge is -2.10. The summed E-state index contributed by atoms with van der Waals surface area (Å²) in [5.74, 6) is 0.894. The van der Waals surface area contributed by atoms with Crippen molar-refractivity contribution in [2.45, 2.75) is 33.2 Å². The Morgan fingerprint density at radius 3 is 2.48 bits per heavy atom. The molecule has 2 rings (SSSR count). The van der Waals surface area contributed by atoms with Crippen molar-refractivity contribution in [2.24, 2.45) is 0 Å². The molecular weight excluding hydrogens is 379 g/mol. The predicted octanol–water partition coefficient (Wildman–Crippen LogP) is 3.16. The van der Waals surface area contributed by atoms with Crippen LogP contribution in [0.3, 0.4) is 0 Å². The largest absolute Gasteiger partial charge is 0.292 e. The third-order valence-electron chi connectivity index (χ3n) is 3.41. The zero-order valence-corrected chi connectivity index (χ0v) is 14.4. The molecule has 21 heavy (non-hydrogen) atoms. The fourth-order valence-electron chi connectivity index (χ4n) is 2.03. The molecule has 0 aliphatic heterocycles. The normalized spacial score (nSPS) is 10.9. The summed E-state index contributed by atoms with van der Waals surface area (Å²) in [6, 6.07) is 7.56. The van der Waals surface area contributed by atoms with E-state index in [1.54, 1.807) is 6.92 Å². The summed E-state index contributed by atoms with van der Waals surface area (Å²) in [4.78, 5) is 28.5. The lowest BCUT2D eigenvalue weighted by molar-refractivity contribution is 0.0969. The van der Waals surface area contributed by atoms with Crippen LogP contribution in [-0.4, -0.2) is 15.3 Å². The summed E-state index contributed by atoms with van der Waals surface area (Å²) in [5.41, 5.74) is 1.63. The molecule has 0 saturated heterocycles. The molecule has 5 heteroatoms. The van der Waals surface area contributed by atoms with Crippen LogP contribution in [-0.2, 0) is 6.54 Å². The van der Waals surface area contributed by atoms with Crippen molar-refractivity contribution in [1.82, 2.24) is 9.55 Å². The Morgan fingerprint density at radius 1 is 1.29 bits per heavy atom. The molecule has 0 aliphatic carbocycles. The molecule has 2 aromatic rings. The predicted molar refractivity (Wildman–Crippen MR) is 90.8 cm³/mol. The first-order chi connectivity index (χ1) is 9.90. The second-order valence-electron chi connectivity index (χ2n) is 5.24. The number of hydrogen-bond donors (Lipinski definition) is 0. The van der Waals surface area contributed by atoms with Crippen LogP contribution >= 0.6 is 22.6 Å². The summed E-state index contributed by atoms with van der Waals surface area (Å²) in [7, 11) is 0. The van der Waals surface area contributed by atoms with Crippen LogP contribution in [0.15, 0.2) is 35.3 Å². The summed E-state index contributed by atoms with van der Waals surface area (Å²) >= 11 is 1.93. The molecule has 0 N–H and O–H groups in total. The molecule has 110 valence electrons. The van der Waals surface area contributed by atoms with Gasteiger partial charge in [0.2, 0.25) is 0 Å². The van der Waals surface area contributed by atoms with Gasteiger partial charge in [-0.05, 0) is 41.0 Å². The quantitative estimate of drug-likeness (QED) is 0.590. The van der Waals surface area contributed by atoms with Gasteiger partial charge in [-0.3, -0.25) is 14.2 Å². The lowest BCUT2D eigenvalue weighted by atomic mass is 10.0. The SMILES string of the molecule is Cc1ncc(I)c(=O)n1CC(=O)c1ccc(C(C)C)cc1. The van der Waals surface area contributed by atoms with Gasteiger partial charge in [-0.1, -0.05) is 38.1 Å². The Kier molecular flexibility index (Phi) is 4.92. The highest BCUT2D eigenvalue weighted by Crippen LogP contribution is 2.15. The van der Waals surface area contributed by atoms with Crippen LogP contribution in [0.5, 0.6) is 0 Å². The molecule has 0 amide bonds. The monoisotopic (exact) mass is 396 g/mol. The molecule has 0 saturated carbocycles. The fraction of sp³-hybridized carbons (Fsp3) is 0.312. The number of carbonyl (C=O) groups excluding carboxylic acids is 1. The van der Waals surface area contributed by atoms with Crippen LogP contribution in [0, 0.1) is 10.5 Å². The van der Waals surface area contributed by atoms with Crippen molar-refractivity contribution >= 4 is 28.4 Å². The average molecular weight is 396 g/mol. The third kappa shape index (κ3) is 3.58. The smallest absolute Gasteiger partial charge is 0.267 e. The summed E-state index contributed by atoms with van der Waals surface area (Å²) in [6.07, 6.45) is 1.52. The van der Waals surface area contributed by atoms with E-state index in [1.165, 1.54) is 16.3 Å². The number of hydrogen-bond acceptors (Lipinski definition) is 3. The number of nitrogens with zero attached hydrogens (tertiary/aromatic N) is 2. The van der Waals surface area contributed by atoms with E-state index in [0.29, 0.717) is 20.9 Å². The van der Waals surface area contributed by atoms with Gasteiger partial charge in [-0.2, -0.15) is 0 Å². The minimum Gasteiger partial charge on any atom is -0.292 e. The molecule has 4 nitrogen and oxygen atoms in total. The van der Waals surface area contributed by atoms with Crippen LogP contribution in [0.1, 0.15) is 41.5 Å². The first-order valence-electron chi connectivity index (χ1n) is 6.75. The van der Waals surface area contributed by atoms with Gasteiger partial charge in [0.25, 0.3) is 5.56 Å². The number of aromatic nitrogens is 2. The van der Waals surface area contributed by atoms with E-state index in [9.17, 15) is 9.59 Å². The zero-order chi connectivity index (χ0) is 15.6. The summed E-state index contributed by atoms with van der Waals surface area (Å²) in [6.45, 7) is 5.97. The molecule has 0 spiro atoms.